The monoisotopic (exact) mass is 227 g/mol. The van der Waals surface area contributed by atoms with Gasteiger partial charge in [-0.15, -0.1) is 0 Å². The number of hydrogen-bond acceptors (Lipinski definition) is 3. The number of likely N-dealkylation sites (N-methyl/N-ethyl adjacent to an activating group) is 2. The largest absolute Gasteiger partial charge is 0.313 e. The second kappa shape index (κ2) is 8.04. The minimum atomic E-state index is 0.661. The highest BCUT2D eigenvalue weighted by molar-refractivity contribution is 4.71. The first-order chi connectivity index (χ1) is 7.76. The van der Waals surface area contributed by atoms with Crippen LogP contribution in [0.15, 0.2) is 0 Å². The van der Waals surface area contributed by atoms with Crippen LogP contribution in [0.25, 0.3) is 0 Å². The Morgan fingerprint density at radius 3 is 2.50 bits per heavy atom. The Kier molecular flexibility index (Phi) is 7.01. The minimum Gasteiger partial charge on any atom is -0.313 e. The summed E-state index contributed by atoms with van der Waals surface area (Å²) in [5.41, 5.74) is 0. The molecule has 0 spiro atoms. The number of hydrogen-bond donors (Lipinski definition) is 1. The molecular weight excluding hydrogens is 198 g/mol. The van der Waals surface area contributed by atoms with Gasteiger partial charge in [0.15, 0.2) is 0 Å². The van der Waals surface area contributed by atoms with E-state index in [9.17, 15) is 0 Å². The smallest absolute Gasteiger partial charge is 0.0192 e. The third-order valence-corrected chi connectivity index (χ3v) is 3.51. The van der Waals surface area contributed by atoms with Gasteiger partial charge >= 0.3 is 0 Å². The van der Waals surface area contributed by atoms with Gasteiger partial charge in [0, 0.05) is 25.7 Å². The second-order valence-electron chi connectivity index (χ2n) is 4.97. The van der Waals surface area contributed by atoms with Gasteiger partial charge in [-0.25, -0.2) is 0 Å². The summed E-state index contributed by atoms with van der Waals surface area (Å²) < 4.78 is 0. The molecule has 0 aliphatic carbocycles. The Bertz CT molecular complexity index is 167. The molecule has 0 radical (unpaired) electrons. The number of nitrogens with zero attached hydrogens (tertiary/aromatic N) is 2. The van der Waals surface area contributed by atoms with Crippen LogP contribution in [0.1, 0.15) is 33.1 Å². The second-order valence-corrected chi connectivity index (χ2v) is 4.97. The fourth-order valence-electron chi connectivity index (χ4n) is 2.41. The minimum absolute atomic E-state index is 0.661. The molecule has 3 nitrogen and oxygen atoms in total. The third kappa shape index (κ3) is 5.28. The summed E-state index contributed by atoms with van der Waals surface area (Å²) in [7, 11) is 2.25. The van der Waals surface area contributed by atoms with E-state index in [1.807, 2.05) is 0 Å². The van der Waals surface area contributed by atoms with Crippen LogP contribution in [0, 0.1) is 0 Å². The van der Waals surface area contributed by atoms with Gasteiger partial charge in [-0.05, 0) is 45.9 Å². The Morgan fingerprint density at radius 2 is 1.94 bits per heavy atom. The zero-order valence-electron chi connectivity index (χ0n) is 11.3. The summed E-state index contributed by atoms with van der Waals surface area (Å²) in [5.74, 6) is 0. The summed E-state index contributed by atoms with van der Waals surface area (Å²) in [6, 6.07) is 0.661. The van der Waals surface area contributed by atoms with Crippen molar-refractivity contribution < 1.29 is 0 Å². The van der Waals surface area contributed by atoms with Crippen molar-refractivity contribution in [2.45, 2.75) is 39.2 Å². The van der Waals surface area contributed by atoms with Crippen LogP contribution in [0.5, 0.6) is 0 Å². The van der Waals surface area contributed by atoms with E-state index in [1.165, 1.54) is 52.0 Å². The van der Waals surface area contributed by atoms with Crippen molar-refractivity contribution in [1.29, 1.82) is 0 Å². The molecular formula is C13H29N3. The molecule has 0 bridgehead atoms. The van der Waals surface area contributed by atoms with E-state index >= 15 is 0 Å². The molecule has 0 saturated carbocycles. The van der Waals surface area contributed by atoms with Crippen molar-refractivity contribution in [2.24, 2.45) is 0 Å². The van der Waals surface area contributed by atoms with E-state index in [0.29, 0.717) is 6.04 Å². The summed E-state index contributed by atoms with van der Waals surface area (Å²) in [4.78, 5) is 5.06. The van der Waals surface area contributed by atoms with Crippen molar-refractivity contribution in [1.82, 2.24) is 15.1 Å². The molecule has 1 N–H and O–H groups in total. The molecule has 3 heteroatoms. The molecule has 1 atom stereocenters. The molecule has 1 rings (SSSR count). The zero-order valence-corrected chi connectivity index (χ0v) is 11.3. The molecule has 1 aliphatic rings. The van der Waals surface area contributed by atoms with Crippen molar-refractivity contribution in [3.8, 4) is 0 Å². The average Bonchev–Trinajstić information content (AvgIpc) is 2.78. The predicted octanol–water partition coefficient (Wildman–Crippen LogP) is 1.40. The van der Waals surface area contributed by atoms with Gasteiger partial charge in [0.05, 0.1) is 0 Å². The van der Waals surface area contributed by atoms with Gasteiger partial charge in [-0.1, -0.05) is 13.8 Å². The SMILES string of the molecule is CCNC(CC)CN(C)CCN1CCCC1. The van der Waals surface area contributed by atoms with Crippen molar-refractivity contribution in [3.05, 3.63) is 0 Å². The predicted molar refractivity (Wildman–Crippen MR) is 70.9 cm³/mol. The molecule has 16 heavy (non-hydrogen) atoms. The summed E-state index contributed by atoms with van der Waals surface area (Å²) in [6.45, 7) is 11.8. The van der Waals surface area contributed by atoms with Crippen LogP contribution in [-0.2, 0) is 0 Å². The fraction of sp³-hybridized carbons (Fsp3) is 1.00. The lowest BCUT2D eigenvalue weighted by Crippen LogP contribution is -2.41. The van der Waals surface area contributed by atoms with E-state index in [0.717, 1.165) is 6.54 Å². The number of likely N-dealkylation sites (tertiary alicyclic amines) is 1. The lowest BCUT2D eigenvalue weighted by Gasteiger charge is -2.25. The quantitative estimate of drug-likeness (QED) is 0.676. The van der Waals surface area contributed by atoms with E-state index in [1.54, 1.807) is 0 Å². The Morgan fingerprint density at radius 1 is 1.25 bits per heavy atom. The lowest BCUT2D eigenvalue weighted by atomic mass is 10.2. The van der Waals surface area contributed by atoms with Crippen molar-refractivity contribution >= 4 is 0 Å². The maximum absolute atomic E-state index is 3.54. The fourth-order valence-corrected chi connectivity index (χ4v) is 2.41. The summed E-state index contributed by atoms with van der Waals surface area (Å²) >= 11 is 0. The van der Waals surface area contributed by atoms with Gasteiger partial charge in [0.1, 0.15) is 0 Å². The molecule has 0 aromatic rings. The van der Waals surface area contributed by atoms with Crippen LogP contribution in [0.4, 0.5) is 0 Å². The molecule has 0 aromatic heterocycles. The summed E-state index contributed by atoms with van der Waals surface area (Å²) in [5, 5.41) is 3.54. The standard InChI is InChI=1S/C13H29N3/c1-4-13(14-5-2)12-15(3)10-11-16-8-6-7-9-16/h13-14H,4-12H2,1-3H3. The van der Waals surface area contributed by atoms with E-state index in [4.69, 9.17) is 0 Å². The third-order valence-electron chi connectivity index (χ3n) is 3.51. The van der Waals surface area contributed by atoms with E-state index < -0.39 is 0 Å². The highest BCUT2D eigenvalue weighted by Crippen LogP contribution is 2.06. The lowest BCUT2D eigenvalue weighted by molar-refractivity contribution is 0.237. The molecule has 1 unspecified atom stereocenters. The maximum atomic E-state index is 3.54. The molecule has 0 amide bonds. The molecule has 1 aliphatic heterocycles. The Labute approximate surface area is 101 Å². The van der Waals surface area contributed by atoms with E-state index in [-0.39, 0.29) is 0 Å². The van der Waals surface area contributed by atoms with Crippen LogP contribution in [-0.4, -0.2) is 62.2 Å². The van der Waals surface area contributed by atoms with Gasteiger partial charge in [0.25, 0.3) is 0 Å². The molecule has 0 aromatic carbocycles. The Hall–Kier alpha value is -0.120. The molecule has 96 valence electrons. The van der Waals surface area contributed by atoms with Crippen molar-refractivity contribution in [2.75, 3.05) is 46.3 Å². The topological polar surface area (TPSA) is 18.5 Å². The van der Waals surface area contributed by atoms with Gasteiger partial charge in [-0.3, -0.25) is 0 Å². The van der Waals surface area contributed by atoms with E-state index in [2.05, 4.69) is 36.0 Å². The maximum Gasteiger partial charge on any atom is 0.0192 e. The molecule has 1 saturated heterocycles. The van der Waals surface area contributed by atoms with Crippen LogP contribution < -0.4 is 5.32 Å². The molecule has 1 fully saturated rings. The van der Waals surface area contributed by atoms with Gasteiger partial charge in [-0.2, -0.15) is 0 Å². The van der Waals surface area contributed by atoms with Crippen LogP contribution in [0.3, 0.4) is 0 Å². The van der Waals surface area contributed by atoms with Crippen molar-refractivity contribution in [3.63, 3.8) is 0 Å². The Balaban J connectivity index is 2.10. The average molecular weight is 227 g/mol. The first-order valence-electron chi connectivity index (χ1n) is 6.90. The first-order valence-corrected chi connectivity index (χ1v) is 6.90. The molecule has 1 heterocycles. The number of nitrogens with one attached hydrogen (secondary N) is 1. The zero-order chi connectivity index (χ0) is 11.8. The number of rotatable bonds is 8. The van der Waals surface area contributed by atoms with Crippen LogP contribution in [0.2, 0.25) is 0 Å². The van der Waals surface area contributed by atoms with Crippen LogP contribution >= 0.6 is 0 Å². The highest BCUT2D eigenvalue weighted by Gasteiger charge is 2.13. The van der Waals surface area contributed by atoms with Gasteiger partial charge < -0.3 is 15.1 Å². The van der Waals surface area contributed by atoms with Gasteiger partial charge in [0.2, 0.25) is 0 Å². The summed E-state index contributed by atoms with van der Waals surface area (Å²) in [6.07, 6.45) is 4.03. The first kappa shape index (κ1) is 13.9. The normalized spacial score (nSPS) is 19.5. The highest BCUT2D eigenvalue weighted by atomic mass is 15.2.